The van der Waals surface area contributed by atoms with Gasteiger partial charge in [0.2, 0.25) is 0 Å². The minimum Gasteiger partial charge on any atom is -0.0885 e. The van der Waals surface area contributed by atoms with Crippen LogP contribution in [0.25, 0.3) is 0 Å². The van der Waals surface area contributed by atoms with E-state index >= 15 is 0 Å². The highest BCUT2D eigenvalue weighted by Crippen LogP contribution is 2.10. The van der Waals surface area contributed by atoms with Crippen molar-refractivity contribution in [1.82, 2.24) is 0 Å². The molecule has 0 nitrogen and oxygen atoms in total. The number of allylic oxidation sites excluding steroid dienone is 2. The summed E-state index contributed by atoms with van der Waals surface area (Å²) in [6.45, 7) is 6.72. The van der Waals surface area contributed by atoms with E-state index in [2.05, 4.69) is 32.9 Å². The molecule has 0 fully saturated rings. The van der Waals surface area contributed by atoms with Crippen molar-refractivity contribution in [3.05, 3.63) is 18.1 Å². The summed E-state index contributed by atoms with van der Waals surface area (Å²) in [5.41, 5.74) is 0. The molecule has 0 N–H and O–H groups in total. The molecule has 1 radical (unpaired) electrons. The van der Waals surface area contributed by atoms with Crippen LogP contribution >= 0.6 is 0 Å². The van der Waals surface area contributed by atoms with Crippen LogP contribution in [-0.2, 0) is 0 Å². The Hall–Kier alpha value is -0.260. The summed E-state index contributed by atoms with van der Waals surface area (Å²) in [6.07, 6.45) is 16.9. The van der Waals surface area contributed by atoms with Crippen LogP contribution in [0.1, 0.15) is 78.6 Å². The third-order valence-corrected chi connectivity index (χ3v) is 2.69. The Labute approximate surface area is 97.2 Å². The van der Waals surface area contributed by atoms with Crippen molar-refractivity contribution in [2.75, 3.05) is 0 Å². The first-order valence-corrected chi connectivity index (χ1v) is 6.71. The SMILES string of the molecule is CCCCCCC=CCCCC[C](C)C. The van der Waals surface area contributed by atoms with Crippen molar-refractivity contribution in [1.29, 1.82) is 0 Å². The monoisotopic (exact) mass is 209 g/mol. The van der Waals surface area contributed by atoms with Gasteiger partial charge in [-0.05, 0) is 38.0 Å². The minimum absolute atomic E-state index is 1.28. The second-order valence-corrected chi connectivity index (χ2v) is 4.77. The Morgan fingerprint density at radius 3 is 1.93 bits per heavy atom. The number of hydrogen-bond donors (Lipinski definition) is 0. The Balaban J connectivity index is 3.04. The van der Waals surface area contributed by atoms with E-state index in [0.717, 1.165) is 0 Å². The van der Waals surface area contributed by atoms with Gasteiger partial charge in [0.05, 0.1) is 0 Å². The van der Waals surface area contributed by atoms with Crippen LogP contribution in [0.15, 0.2) is 12.2 Å². The van der Waals surface area contributed by atoms with E-state index in [4.69, 9.17) is 0 Å². The molecule has 0 aromatic heterocycles. The van der Waals surface area contributed by atoms with Crippen molar-refractivity contribution >= 4 is 0 Å². The molecule has 0 saturated heterocycles. The maximum Gasteiger partial charge on any atom is -0.0303 e. The zero-order valence-electron chi connectivity index (χ0n) is 11.0. The summed E-state index contributed by atoms with van der Waals surface area (Å²) >= 11 is 0. The summed E-state index contributed by atoms with van der Waals surface area (Å²) in [7, 11) is 0. The van der Waals surface area contributed by atoms with Crippen LogP contribution in [-0.4, -0.2) is 0 Å². The Morgan fingerprint density at radius 1 is 0.800 bits per heavy atom. The van der Waals surface area contributed by atoms with Crippen LogP contribution in [0.3, 0.4) is 0 Å². The first-order valence-electron chi connectivity index (χ1n) is 6.71. The van der Waals surface area contributed by atoms with E-state index in [1.54, 1.807) is 5.92 Å². The van der Waals surface area contributed by atoms with Gasteiger partial charge in [-0.3, -0.25) is 0 Å². The van der Waals surface area contributed by atoms with Crippen molar-refractivity contribution in [3.8, 4) is 0 Å². The minimum atomic E-state index is 1.28. The molecular formula is C15H29. The fourth-order valence-corrected chi connectivity index (χ4v) is 1.67. The first-order chi connectivity index (χ1) is 7.27. The van der Waals surface area contributed by atoms with Gasteiger partial charge in [0, 0.05) is 0 Å². The highest BCUT2D eigenvalue weighted by molar-refractivity contribution is 4.82. The largest absolute Gasteiger partial charge is 0.0885 e. The van der Waals surface area contributed by atoms with Gasteiger partial charge in [-0.2, -0.15) is 0 Å². The summed E-state index contributed by atoms with van der Waals surface area (Å²) in [4.78, 5) is 0. The fourth-order valence-electron chi connectivity index (χ4n) is 1.67. The smallest absolute Gasteiger partial charge is 0.0303 e. The summed E-state index contributed by atoms with van der Waals surface area (Å²) < 4.78 is 0. The molecule has 0 heterocycles. The van der Waals surface area contributed by atoms with Crippen molar-refractivity contribution in [2.24, 2.45) is 0 Å². The zero-order chi connectivity index (χ0) is 11.4. The lowest BCUT2D eigenvalue weighted by atomic mass is 10.1. The van der Waals surface area contributed by atoms with Gasteiger partial charge in [-0.25, -0.2) is 0 Å². The van der Waals surface area contributed by atoms with Crippen molar-refractivity contribution in [3.63, 3.8) is 0 Å². The van der Waals surface area contributed by atoms with Crippen LogP contribution < -0.4 is 0 Å². The van der Waals surface area contributed by atoms with Gasteiger partial charge in [0.25, 0.3) is 0 Å². The Morgan fingerprint density at radius 2 is 1.40 bits per heavy atom. The third kappa shape index (κ3) is 13.7. The van der Waals surface area contributed by atoms with Crippen molar-refractivity contribution in [2.45, 2.75) is 78.6 Å². The highest BCUT2D eigenvalue weighted by Gasteiger charge is 1.92. The molecule has 0 heteroatoms. The molecule has 0 rings (SSSR count). The predicted octanol–water partition coefficient (Wildman–Crippen LogP) is 5.69. The molecule has 0 atom stereocenters. The van der Waals surface area contributed by atoms with Gasteiger partial charge in [-0.15, -0.1) is 0 Å². The fraction of sp³-hybridized carbons (Fsp3) is 0.800. The number of hydrogen-bond acceptors (Lipinski definition) is 0. The van der Waals surface area contributed by atoms with E-state index in [1.807, 2.05) is 0 Å². The summed E-state index contributed by atoms with van der Waals surface area (Å²) in [5.74, 6) is 1.57. The lowest BCUT2D eigenvalue weighted by Gasteiger charge is -2.01. The first kappa shape index (κ1) is 14.7. The quantitative estimate of drug-likeness (QED) is 0.320. The Kier molecular flexibility index (Phi) is 11.6. The molecule has 0 bridgehead atoms. The van der Waals surface area contributed by atoms with E-state index < -0.39 is 0 Å². The molecule has 0 aliphatic heterocycles. The molecule has 0 aliphatic carbocycles. The lowest BCUT2D eigenvalue weighted by molar-refractivity contribution is 0.671. The average Bonchev–Trinajstić information content (AvgIpc) is 2.20. The number of rotatable bonds is 10. The maximum absolute atomic E-state index is 2.37. The predicted molar refractivity (Wildman–Crippen MR) is 71.0 cm³/mol. The molecular weight excluding hydrogens is 180 g/mol. The summed E-state index contributed by atoms with van der Waals surface area (Å²) in [6, 6.07) is 0. The summed E-state index contributed by atoms with van der Waals surface area (Å²) in [5, 5.41) is 0. The molecule has 0 aliphatic rings. The molecule has 0 aromatic carbocycles. The topological polar surface area (TPSA) is 0 Å². The second-order valence-electron chi connectivity index (χ2n) is 4.77. The van der Waals surface area contributed by atoms with Gasteiger partial charge >= 0.3 is 0 Å². The van der Waals surface area contributed by atoms with Gasteiger partial charge < -0.3 is 0 Å². The molecule has 0 aromatic rings. The molecule has 0 spiro atoms. The van der Waals surface area contributed by atoms with E-state index in [1.165, 1.54) is 57.8 Å². The molecule has 0 unspecified atom stereocenters. The maximum atomic E-state index is 2.37. The van der Waals surface area contributed by atoms with Gasteiger partial charge in [-0.1, -0.05) is 58.6 Å². The number of unbranched alkanes of at least 4 members (excludes halogenated alkanes) is 6. The van der Waals surface area contributed by atoms with Crippen molar-refractivity contribution < 1.29 is 0 Å². The van der Waals surface area contributed by atoms with Crippen LogP contribution in [0.4, 0.5) is 0 Å². The van der Waals surface area contributed by atoms with Gasteiger partial charge in [0.15, 0.2) is 0 Å². The average molecular weight is 209 g/mol. The second kappa shape index (κ2) is 11.8. The zero-order valence-corrected chi connectivity index (χ0v) is 11.0. The third-order valence-electron chi connectivity index (χ3n) is 2.69. The molecule has 89 valence electrons. The van der Waals surface area contributed by atoms with E-state index in [9.17, 15) is 0 Å². The Bertz CT molecular complexity index is 133. The molecule has 15 heavy (non-hydrogen) atoms. The van der Waals surface area contributed by atoms with Gasteiger partial charge in [0.1, 0.15) is 0 Å². The van der Waals surface area contributed by atoms with E-state index in [-0.39, 0.29) is 0 Å². The standard InChI is InChI=1S/C15H29/c1-4-5-6-7-8-9-10-11-12-13-14-15(2)3/h9-10H,4-8,11-14H2,1-3H3. The van der Waals surface area contributed by atoms with Crippen LogP contribution in [0, 0.1) is 5.92 Å². The molecule has 0 amide bonds. The normalized spacial score (nSPS) is 11.7. The van der Waals surface area contributed by atoms with E-state index in [0.29, 0.717) is 0 Å². The highest BCUT2D eigenvalue weighted by atomic mass is 14.0. The molecule has 0 saturated carbocycles. The van der Waals surface area contributed by atoms with Crippen LogP contribution in [0.2, 0.25) is 0 Å². The van der Waals surface area contributed by atoms with Crippen LogP contribution in [0.5, 0.6) is 0 Å². The lowest BCUT2D eigenvalue weighted by Crippen LogP contribution is -1.83.